The molecule has 11 unspecified atom stereocenters. The van der Waals surface area contributed by atoms with Gasteiger partial charge < -0.3 is 18.9 Å². The van der Waals surface area contributed by atoms with E-state index in [4.69, 9.17) is 23.5 Å². The first-order valence-electron chi connectivity index (χ1n) is 14.7. The molecule has 0 aromatic heterocycles. The fourth-order valence-electron chi connectivity index (χ4n) is 9.59. The number of carbonyl (C=O) groups is 1. The Morgan fingerprint density at radius 1 is 1.07 bits per heavy atom. The molecule has 0 radical (unpaired) electrons. The second-order valence-corrected chi connectivity index (χ2v) is 15.2. The summed E-state index contributed by atoms with van der Waals surface area (Å²) in [4.78, 5) is 12.5. The van der Waals surface area contributed by atoms with Crippen LogP contribution in [0.3, 0.4) is 0 Å². The first kappa shape index (κ1) is 28.5. The van der Waals surface area contributed by atoms with E-state index in [1.54, 1.807) is 0 Å². The highest BCUT2D eigenvalue weighted by Crippen LogP contribution is 2.77. The Kier molecular flexibility index (Phi) is 6.18. The average molecular weight is 609 g/mol. The number of carbonyl (C=O) groups excluding carboxylic acids is 1. The van der Waals surface area contributed by atoms with E-state index in [0.717, 1.165) is 32.1 Å². The average Bonchev–Trinajstić information content (AvgIpc) is 3.22. The Balaban J connectivity index is 1.03. The van der Waals surface area contributed by atoms with Crippen molar-refractivity contribution in [3.63, 3.8) is 0 Å². The number of alkyl halides is 4. The second-order valence-electron chi connectivity index (χ2n) is 13.8. The van der Waals surface area contributed by atoms with Crippen LogP contribution in [0.2, 0.25) is 0 Å². The lowest BCUT2D eigenvalue weighted by Gasteiger charge is -2.48. The quantitative estimate of drug-likeness (QED) is 0.191. The van der Waals surface area contributed by atoms with E-state index in [-0.39, 0.29) is 42.9 Å². The van der Waals surface area contributed by atoms with Crippen molar-refractivity contribution in [1.29, 1.82) is 0 Å². The van der Waals surface area contributed by atoms with Gasteiger partial charge in [0.2, 0.25) is 0 Å². The van der Waals surface area contributed by atoms with Crippen molar-refractivity contribution in [1.82, 2.24) is 0 Å². The van der Waals surface area contributed by atoms with Crippen LogP contribution in [0.25, 0.3) is 0 Å². The molecule has 1 spiro atoms. The zero-order chi connectivity index (χ0) is 29.3. The van der Waals surface area contributed by atoms with Crippen molar-refractivity contribution >= 4 is 16.1 Å². The van der Waals surface area contributed by atoms with Gasteiger partial charge in [-0.25, -0.2) is 4.79 Å². The molecule has 13 heteroatoms. The van der Waals surface area contributed by atoms with E-state index in [0.29, 0.717) is 12.8 Å². The Labute approximate surface area is 236 Å². The van der Waals surface area contributed by atoms with Gasteiger partial charge >= 0.3 is 27.3 Å². The van der Waals surface area contributed by atoms with E-state index in [1.165, 1.54) is 5.57 Å². The van der Waals surface area contributed by atoms with Gasteiger partial charge in [0.1, 0.15) is 12.2 Å². The van der Waals surface area contributed by atoms with Crippen LogP contribution in [0, 0.1) is 41.4 Å². The summed E-state index contributed by atoms with van der Waals surface area (Å²) in [6, 6.07) is 0. The molecule has 11 atom stereocenters. The predicted molar refractivity (Wildman–Crippen MR) is 133 cm³/mol. The SMILES string of the molecule is CC1C=C2CC(OCC(=O)OC3(C)CCCC3)CC(C2)C12OC1C3CC(C(F)(F)C(F)(F)S(=O)(=O)O)C4C3C4C1O2. The van der Waals surface area contributed by atoms with Crippen molar-refractivity contribution in [2.45, 2.75) is 106 Å². The van der Waals surface area contributed by atoms with Gasteiger partial charge in [-0.1, -0.05) is 18.6 Å². The van der Waals surface area contributed by atoms with Gasteiger partial charge in [-0.05, 0) is 82.0 Å². The van der Waals surface area contributed by atoms with Crippen molar-refractivity contribution in [3.05, 3.63) is 11.6 Å². The highest BCUT2D eigenvalue weighted by atomic mass is 32.2. The van der Waals surface area contributed by atoms with Crippen LogP contribution in [0.4, 0.5) is 17.6 Å². The van der Waals surface area contributed by atoms with Crippen LogP contribution in [-0.4, -0.2) is 66.4 Å². The maximum Gasteiger partial charge on any atom is 0.431 e. The molecule has 0 aromatic carbocycles. The van der Waals surface area contributed by atoms with Gasteiger partial charge in [0.15, 0.2) is 5.79 Å². The summed E-state index contributed by atoms with van der Waals surface area (Å²) in [5.41, 5.74) is 0.753. The highest BCUT2D eigenvalue weighted by molar-refractivity contribution is 7.87. The number of rotatable bonds is 7. The fourth-order valence-corrected chi connectivity index (χ4v) is 10.1. The van der Waals surface area contributed by atoms with Gasteiger partial charge in [0.05, 0.1) is 18.3 Å². The van der Waals surface area contributed by atoms with Gasteiger partial charge in [-0.3, -0.25) is 4.55 Å². The fraction of sp³-hybridized carbons (Fsp3) is 0.893. The van der Waals surface area contributed by atoms with Crippen molar-refractivity contribution in [2.75, 3.05) is 6.61 Å². The zero-order valence-corrected chi connectivity index (χ0v) is 23.8. The molecule has 7 aliphatic rings. The van der Waals surface area contributed by atoms with Crippen LogP contribution in [0.5, 0.6) is 0 Å². The topological polar surface area (TPSA) is 108 Å². The number of hydrogen-bond donors (Lipinski definition) is 1. The zero-order valence-electron chi connectivity index (χ0n) is 22.9. The molecule has 6 fully saturated rings. The maximum atomic E-state index is 14.9. The van der Waals surface area contributed by atoms with Gasteiger partial charge in [0.25, 0.3) is 0 Å². The number of halogens is 4. The first-order valence-corrected chi connectivity index (χ1v) is 16.1. The molecule has 41 heavy (non-hydrogen) atoms. The molecule has 2 bridgehead atoms. The number of hydrogen-bond acceptors (Lipinski definition) is 7. The Hall–Kier alpha value is -1.28. The molecule has 5 saturated carbocycles. The van der Waals surface area contributed by atoms with Crippen LogP contribution in [-0.2, 0) is 33.9 Å². The normalized spacial score (nSPS) is 45.9. The molecule has 7 rings (SSSR count). The molecule has 1 N–H and O–H groups in total. The lowest BCUT2D eigenvalue weighted by Crippen LogP contribution is -2.52. The summed E-state index contributed by atoms with van der Waals surface area (Å²) >= 11 is 0. The minimum absolute atomic E-state index is 0.0953. The summed E-state index contributed by atoms with van der Waals surface area (Å²) in [6.07, 6.45) is 6.18. The summed E-state index contributed by atoms with van der Waals surface area (Å²) in [5, 5.41) is -5.57. The van der Waals surface area contributed by atoms with Crippen LogP contribution < -0.4 is 0 Å². The lowest BCUT2D eigenvalue weighted by molar-refractivity contribution is -0.255. The monoisotopic (exact) mass is 608 g/mol. The minimum atomic E-state index is -6.29. The molecule has 8 nitrogen and oxygen atoms in total. The Morgan fingerprint density at radius 2 is 1.76 bits per heavy atom. The molecule has 1 saturated heterocycles. The van der Waals surface area contributed by atoms with Gasteiger partial charge in [-0.2, -0.15) is 26.0 Å². The summed E-state index contributed by atoms with van der Waals surface area (Å²) in [5.74, 6) is -10.4. The van der Waals surface area contributed by atoms with Gasteiger partial charge in [-0.15, -0.1) is 0 Å². The largest absolute Gasteiger partial charge is 0.458 e. The van der Waals surface area contributed by atoms with Crippen molar-refractivity contribution < 1.29 is 54.3 Å². The maximum absolute atomic E-state index is 14.9. The standard InChI is InChI=1S/C28H36F4O8S/c1-13-7-14-8-15(10-16(9-14)37-12-19(33)38-25(2)5-3-4-6-25)26(13)39-23-17-11-18(21-20(17)22(21)24(23)40-26)27(29,30)28(31,32)41(34,35)36/h7,13,15-18,20-24H,3-6,8-12H2,1-2H3,(H,34,35,36). The molecule has 230 valence electrons. The predicted octanol–water partition coefficient (Wildman–Crippen LogP) is 4.73. The molecular formula is C28H36F4O8S. The number of ether oxygens (including phenoxy) is 4. The Bertz CT molecular complexity index is 1260. The van der Waals surface area contributed by atoms with Crippen LogP contribution in [0.15, 0.2) is 11.6 Å². The highest BCUT2D eigenvalue weighted by Gasteiger charge is 2.84. The summed E-state index contributed by atoms with van der Waals surface area (Å²) in [7, 11) is -6.29. The van der Waals surface area contributed by atoms with Crippen molar-refractivity contribution in [2.24, 2.45) is 41.4 Å². The van der Waals surface area contributed by atoms with Crippen LogP contribution >= 0.6 is 0 Å². The smallest absolute Gasteiger partial charge is 0.431 e. The molecule has 1 aliphatic heterocycles. The lowest BCUT2D eigenvalue weighted by atomic mass is 9.69. The molecular weight excluding hydrogens is 572 g/mol. The van der Waals surface area contributed by atoms with E-state index in [2.05, 4.69) is 6.08 Å². The van der Waals surface area contributed by atoms with Gasteiger partial charge in [0, 0.05) is 17.8 Å². The van der Waals surface area contributed by atoms with Crippen LogP contribution in [0.1, 0.15) is 65.2 Å². The molecule has 1 heterocycles. The summed E-state index contributed by atoms with van der Waals surface area (Å²) in [6.45, 7) is 3.79. The first-order chi connectivity index (χ1) is 19.1. The third kappa shape index (κ3) is 4.04. The third-order valence-corrected chi connectivity index (χ3v) is 12.2. The second kappa shape index (κ2) is 8.89. The molecule has 6 aliphatic carbocycles. The number of fused-ring (bicyclic) bond motifs is 7. The molecule has 0 amide bonds. The number of esters is 1. The van der Waals surface area contributed by atoms with E-state index in [1.807, 2.05) is 13.8 Å². The van der Waals surface area contributed by atoms with Crippen molar-refractivity contribution in [3.8, 4) is 0 Å². The Morgan fingerprint density at radius 3 is 2.44 bits per heavy atom. The third-order valence-electron chi connectivity index (χ3n) is 11.3. The van der Waals surface area contributed by atoms with E-state index >= 15 is 0 Å². The molecule has 0 aromatic rings. The van der Waals surface area contributed by atoms with E-state index < -0.39 is 68.6 Å². The minimum Gasteiger partial charge on any atom is -0.458 e. The van der Waals surface area contributed by atoms with E-state index in [9.17, 15) is 30.8 Å². The summed E-state index contributed by atoms with van der Waals surface area (Å²) < 4.78 is 114.